The van der Waals surface area contributed by atoms with Crippen LogP contribution in [0.2, 0.25) is 0 Å². The second-order valence-electron chi connectivity index (χ2n) is 5.00. The first kappa shape index (κ1) is 13.2. The van der Waals surface area contributed by atoms with Gasteiger partial charge in [0.05, 0.1) is 0 Å². The van der Waals surface area contributed by atoms with Crippen LogP contribution < -0.4 is 5.32 Å². The van der Waals surface area contributed by atoms with Gasteiger partial charge in [-0.2, -0.15) is 0 Å². The Morgan fingerprint density at radius 3 is 2.83 bits per heavy atom. The molecule has 0 aliphatic carbocycles. The maximum atomic E-state index is 3.67. The third-order valence-corrected chi connectivity index (χ3v) is 3.47. The van der Waals surface area contributed by atoms with Crippen LogP contribution in [0.25, 0.3) is 10.9 Å². The van der Waals surface area contributed by atoms with Crippen LogP contribution in [0.3, 0.4) is 0 Å². The number of rotatable bonds is 7. The highest BCUT2D eigenvalue weighted by molar-refractivity contribution is 5.82. The number of aromatic amines is 1. The van der Waals surface area contributed by atoms with Gasteiger partial charge in [0.25, 0.3) is 0 Å². The third kappa shape index (κ3) is 3.14. The summed E-state index contributed by atoms with van der Waals surface area (Å²) in [7, 11) is 0. The van der Waals surface area contributed by atoms with Crippen molar-refractivity contribution >= 4 is 10.9 Å². The Morgan fingerprint density at radius 2 is 2.06 bits per heavy atom. The fourth-order valence-electron chi connectivity index (χ4n) is 2.57. The number of fused-ring (bicyclic) bond motifs is 1. The molecule has 98 valence electrons. The van der Waals surface area contributed by atoms with Crippen LogP contribution >= 0.6 is 0 Å². The van der Waals surface area contributed by atoms with Gasteiger partial charge < -0.3 is 10.3 Å². The molecule has 2 N–H and O–H groups in total. The minimum absolute atomic E-state index is 0.607. The van der Waals surface area contributed by atoms with Crippen molar-refractivity contribution in [2.45, 2.75) is 45.6 Å². The van der Waals surface area contributed by atoms with E-state index in [-0.39, 0.29) is 0 Å². The van der Waals surface area contributed by atoms with E-state index in [0.29, 0.717) is 6.04 Å². The number of aromatic nitrogens is 1. The number of H-pyrrole nitrogens is 1. The standard InChI is InChI=1S/C16H24N2/c1-3-6-14(17-10-4-2)12-13-7-5-8-16-15(13)9-11-18-16/h5,7-9,11,14,17-18H,3-4,6,10,12H2,1-2H3. The fourth-order valence-corrected chi connectivity index (χ4v) is 2.57. The summed E-state index contributed by atoms with van der Waals surface area (Å²) in [5, 5.41) is 5.04. The second kappa shape index (κ2) is 6.60. The van der Waals surface area contributed by atoms with Crippen LogP contribution in [0.1, 0.15) is 38.7 Å². The molecule has 0 aliphatic heterocycles. The molecule has 1 aromatic heterocycles. The van der Waals surface area contributed by atoms with E-state index in [1.54, 1.807) is 0 Å². The highest BCUT2D eigenvalue weighted by atomic mass is 14.9. The summed E-state index contributed by atoms with van der Waals surface area (Å²) in [5.41, 5.74) is 2.70. The molecule has 0 amide bonds. The molecule has 2 rings (SSSR count). The van der Waals surface area contributed by atoms with E-state index < -0.39 is 0 Å². The maximum Gasteiger partial charge on any atom is 0.0456 e. The normalized spacial score (nSPS) is 13.0. The molecule has 0 bridgehead atoms. The first-order valence-electron chi connectivity index (χ1n) is 7.13. The molecular formula is C16H24N2. The zero-order chi connectivity index (χ0) is 12.8. The van der Waals surface area contributed by atoms with Gasteiger partial charge in [0, 0.05) is 23.1 Å². The molecule has 1 aromatic carbocycles. The van der Waals surface area contributed by atoms with Gasteiger partial charge >= 0.3 is 0 Å². The predicted octanol–water partition coefficient (Wildman–Crippen LogP) is 3.88. The predicted molar refractivity (Wildman–Crippen MR) is 79.0 cm³/mol. The minimum Gasteiger partial charge on any atom is -0.361 e. The van der Waals surface area contributed by atoms with Crippen LogP contribution in [-0.4, -0.2) is 17.6 Å². The molecule has 2 heteroatoms. The fraction of sp³-hybridized carbons (Fsp3) is 0.500. The monoisotopic (exact) mass is 244 g/mol. The van der Waals surface area contributed by atoms with Gasteiger partial charge in [-0.1, -0.05) is 32.4 Å². The summed E-state index contributed by atoms with van der Waals surface area (Å²) in [5.74, 6) is 0. The molecular weight excluding hydrogens is 220 g/mol. The Kier molecular flexibility index (Phi) is 4.82. The van der Waals surface area contributed by atoms with Crippen molar-refractivity contribution in [2.24, 2.45) is 0 Å². The van der Waals surface area contributed by atoms with Gasteiger partial charge in [-0.25, -0.2) is 0 Å². The molecule has 0 spiro atoms. The number of hydrogen-bond acceptors (Lipinski definition) is 1. The van der Waals surface area contributed by atoms with E-state index in [2.05, 4.69) is 48.4 Å². The topological polar surface area (TPSA) is 27.8 Å². The van der Waals surface area contributed by atoms with Crippen molar-refractivity contribution in [3.05, 3.63) is 36.0 Å². The van der Waals surface area contributed by atoms with E-state index >= 15 is 0 Å². The third-order valence-electron chi connectivity index (χ3n) is 3.47. The maximum absolute atomic E-state index is 3.67. The zero-order valence-electron chi connectivity index (χ0n) is 11.5. The number of nitrogens with one attached hydrogen (secondary N) is 2. The summed E-state index contributed by atoms with van der Waals surface area (Å²) in [6.45, 7) is 5.61. The van der Waals surface area contributed by atoms with Crippen molar-refractivity contribution in [1.29, 1.82) is 0 Å². The van der Waals surface area contributed by atoms with E-state index in [1.807, 2.05) is 6.20 Å². The summed E-state index contributed by atoms with van der Waals surface area (Å²) in [6.07, 6.45) is 6.85. The quantitative estimate of drug-likeness (QED) is 0.760. The van der Waals surface area contributed by atoms with Crippen LogP contribution in [0, 0.1) is 0 Å². The highest BCUT2D eigenvalue weighted by Crippen LogP contribution is 2.19. The van der Waals surface area contributed by atoms with Crippen molar-refractivity contribution in [3.8, 4) is 0 Å². The minimum atomic E-state index is 0.607. The van der Waals surface area contributed by atoms with Crippen molar-refractivity contribution in [1.82, 2.24) is 10.3 Å². The Hall–Kier alpha value is -1.28. The Labute approximate surface area is 110 Å². The van der Waals surface area contributed by atoms with Gasteiger partial charge in [-0.3, -0.25) is 0 Å². The molecule has 0 fully saturated rings. The van der Waals surface area contributed by atoms with E-state index in [9.17, 15) is 0 Å². The van der Waals surface area contributed by atoms with Crippen molar-refractivity contribution in [3.63, 3.8) is 0 Å². The molecule has 0 aliphatic rings. The molecule has 2 aromatic rings. The average Bonchev–Trinajstić information content (AvgIpc) is 2.85. The smallest absolute Gasteiger partial charge is 0.0456 e. The van der Waals surface area contributed by atoms with Crippen LogP contribution in [0.15, 0.2) is 30.5 Å². The van der Waals surface area contributed by atoms with Gasteiger partial charge in [0.15, 0.2) is 0 Å². The Morgan fingerprint density at radius 1 is 1.17 bits per heavy atom. The lowest BCUT2D eigenvalue weighted by Gasteiger charge is -2.18. The summed E-state index contributed by atoms with van der Waals surface area (Å²) in [4.78, 5) is 3.29. The lowest BCUT2D eigenvalue weighted by atomic mass is 9.99. The lowest BCUT2D eigenvalue weighted by Crippen LogP contribution is -2.31. The highest BCUT2D eigenvalue weighted by Gasteiger charge is 2.10. The van der Waals surface area contributed by atoms with E-state index in [0.717, 1.165) is 13.0 Å². The van der Waals surface area contributed by atoms with Crippen LogP contribution in [0.4, 0.5) is 0 Å². The molecule has 2 nitrogen and oxygen atoms in total. The summed E-state index contributed by atoms with van der Waals surface area (Å²) >= 11 is 0. The van der Waals surface area contributed by atoms with Gasteiger partial charge in [0.2, 0.25) is 0 Å². The molecule has 18 heavy (non-hydrogen) atoms. The van der Waals surface area contributed by atoms with Gasteiger partial charge in [-0.05, 0) is 43.5 Å². The first-order chi connectivity index (χ1) is 8.85. The molecule has 1 heterocycles. The van der Waals surface area contributed by atoms with Crippen LogP contribution in [-0.2, 0) is 6.42 Å². The second-order valence-corrected chi connectivity index (χ2v) is 5.00. The largest absolute Gasteiger partial charge is 0.361 e. The van der Waals surface area contributed by atoms with Crippen LogP contribution in [0.5, 0.6) is 0 Å². The zero-order valence-corrected chi connectivity index (χ0v) is 11.5. The molecule has 0 saturated carbocycles. The van der Waals surface area contributed by atoms with Crippen molar-refractivity contribution in [2.75, 3.05) is 6.54 Å². The molecule has 1 atom stereocenters. The van der Waals surface area contributed by atoms with Gasteiger partial charge in [0.1, 0.15) is 0 Å². The summed E-state index contributed by atoms with van der Waals surface area (Å²) < 4.78 is 0. The molecule has 1 unspecified atom stereocenters. The SMILES string of the molecule is CCCNC(CCC)Cc1cccc2[nH]ccc12. The van der Waals surface area contributed by atoms with Crippen molar-refractivity contribution < 1.29 is 0 Å². The number of hydrogen-bond donors (Lipinski definition) is 2. The van der Waals surface area contributed by atoms with E-state index in [4.69, 9.17) is 0 Å². The Balaban J connectivity index is 2.12. The lowest BCUT2D eigenvalue weighted by molar-refractivity contribution is 0.474. The first-order valence-corrected chi connectivity index (χ1v) is 7.13. The average molecular weight is 244 g/mol. The van der Waals surface area contributed by atoms with E-state index in [1.165, 1.54) is 35.7 Å². The van der Waals surface area contributed by atoms with Gasteiger partial charge in [-0.15, -0.1) is 0 Å². The molecule has 0 radical (unpaired) electrons. The molecule has 0 saturated heterocycles. The Bertz CT molecular complexity index is 473. The number of benzene rings is 1. The summed E-state index contributed by atoms with van der Waals surface area (Å²) in [6, 6.07) is 9.35.